The van der Waals surface area contributed by atoms with Gasteiger partial charge in [-0.1, -0.05) is 23.9 Å². The second kappa shape index (κ2) is 6.52. The quantitative estimate of drug-likeness (QED) is 0.447. The van der Waals surface area contributed by atoms with Gasteiger partial charge in [-0.3, -0.25) is 10.1 Å². The first-order chi connectivity index (χ1) is 12.2. The zero-order valence-electron chi connectivity index (χ0n) is 13.4. The van der Waals surface area contributed by atoms with Gasteiger partial charge in [-0.15, -0.1) is 5.10 Å². The summed E-state index contributed by atoms with van der Waals surface area (Å²) in [6, 6.07) is 11.1. The monoisotopic (exact) mass is 350 g/mol. The van der Waals surface area contributed by atoms with Crippen LogP contribution in [0.4, 0.5) is 0 Å². The lowest BCUT2D eigenvalue weighted by molar-refractivity contribution is 0.559. The molecule has 0 aliphatic heterocycles. The molecule has 0 radical (unpaired) electrons. The highest BCUT2D eigenvalue weighted by atomic mass is 32.2. The minimum absolute atomic E-state index is 0.346. The minimum Gasteiger partial charge on any atom is -0.423 e. The van der Waals surface area contributed by atoms with Crippen molar-refractivity contribution >= 4 is 22.7 Å². The molecule has 0 unspecified atom stereocenters. The molecule has 6 nitrogen and oxygen atoms in total. The molecule has 124 valence electrons. The summed E-state index contributed by atoms with van der Waals surface area (Å²) < 4.78 is 5.29. The van der Waals surface area contributed by atoms with Crippen molar-refractivity contribution in [3.05, 3.63) is 70.3 Å². The number of nitrogens with zero attached hydrogens (tertiary/aromatic N) is 3. The molecule has 3 aromatic heterocycles. The van der Waals surface area contributed by atoms with Crippen molar-refractivity contribution in [2.75, 3.05) is 0 Å². The number of benzene rings is 1. The van der Waals surface area contributed by atoms with Crippen LogP contribution in [0, 0.1) is 6.92 Å². The average molecular weight is 350 g/mol. The van der Waals surface area contributed by atoms with E-state index in [0.717, 1.165) is 22.1 Å². The first kappa shape index (κ1) is 15.6. The molecule has 1 aromatic carbocycles. The number of nitrogens with one attached hydrogen (secondary N) is 1. The smallest absolute Gasteiger partial charge is 0.336 e. The number of fused-ring (bicyclic) bond motifs is 1. The van der Waals surface area contributed by atoms with Gasteiger partial charge in [0.25, 0.3) is 0 Å². The fourth-order valence-corrected chi connectivity index (χ4v) is 3.34. The third-order valence-electron chi connectivity index (χ3n) is 3.76. The largest absolute Gasteiger partial charge is 0.423 e. The molecule has 4 aromatic rings. The maximum Gasteiger partial charge on any atom is 0.336 e. The van der Waals surface area contributed by atoms with Crippen molar-refractivity contribution in [2.45, 2.75) is 17.8 Å². The highest BCUT2D eigenvalue weighted by Gasteiger charge is 2.10. The topological polar surface area (TPSA) is 84.7 Å². The number of H-pyrrole nitrogens is 1. The third-order valence-corrected chi connectivity index (χ3v) is 4.66. The SMILES string of the molecule is Cc1ccc2c(CSc3n[nH]c(-c4ccncc4)n3)cc(=O)oc2c1. The van der Waals surface area contributed by atoms with Gasteiger partial charge in [0.05, 0.1) is 0 Å². The molecule has 0 aliphatic rings. The molecule has 7 heteroatoms. The van der Waals surface area contributed by atoms with Gasteiger partial charge in [0.2, 0.25) is 5.16 Å². The molecule has 0 amide bonds. The van der Waals surface area contributed by atoms with Gasteiger partial charge in [-0.2, -0.15) is 0 Å². The summed E-state index contributed by atoms with van der Waals surface area (Å²) in [5, 5.41) is 8.71. The molecule has 3 heterocycles. The van der Waals surface area contributed by atoms with Crippen LogP contribution in [-0.4, -0.2) is 20.2 Å². The van der Waals surface area contributed by atoms with Crippen LogP contribution in [-0.2, 0) is 5.75 Å². The molecule has 4 rings (SSSR count). The lowest BCUT2D eigenvalue weighted by atomic mass is 10.1. The number of aromatic nitrogens is 4. The zero-order chi connectivity index (χ0) is 17.2. The van der Waals surface area contributed by atoms with Crippen LogP contribution < -0.4 is 5.63 Å². The summed E-state index contributed by atoms with van der Waals surface area (Å²) in [5.74, 6) is 1.27. The number of hydrogen-bond acceptors (Lipinski definition) is 6. The van der Waals surface area contributed by atoms with Gasteiger partial charge in [0.1, 0.15) is 5.58 Å². The van der Waals surface area contributed by atoms with E-state index in [1.807, 2.05) is 37.3 Å². The molecular formula is C18H14N4O2S. The molecular weight excluding hydrogens is 336 g/mol. The fraction of sp³-hybridized carbons (Fsp3) is 0.111. The number of pyridine rings is 1. The Balaban J connectivity index is 1.59. The van der Waals surface area contributed by atoms with E-state index < -0.39 is 0 Å². The Labute approximate surface area is 147 Å². The molecule has 0 atom stereocenters. The van der Waals surface area contributed by atoms with Crippen LogP contribution in [0.15, 0.2) is 63.2 Å². The van der Waals surface area contributed by atoms with Crippen molar-refractivity contribution in [1.29, 1.82) is 0 Å². The maximum absolute atomic E-state index is 11.8. The Hall–Kier alpha value is -2.93. The van der Waals surface area contributed by atoms with E-state index in [2.05, 4.69) is 20.2 Å². The van der Waals surface area contributed by atoms with E-state index in [9.17, 15) is 4.79 Å². The number of rotatable bonds is 4. The zero-order valence-corrected chi connectivity index (χ0v) is 14.2. The van der Waals surface area contributed by atoms with E-state index in [-0.39, 0.29) is 5.63 Å². The Morgan fingerprint density at radius 1 is 1.16 bits per heavy atom. The second-order valence-corrected chi connectivity index (χ2v) is 6.52. The summed E-state index contributed by atoms with van der Waals surface area (Å²) in [4.78, 5) is 20.3. The molecule has 0 bridgehead atoms. The Morgan fingerprint density at radius 3 is 2.84 bits per heavy atom. The standard InChI is InChI=1S/C18H14N4O2S/c1-11-2-3-14-13(9-16(23)24-15(14)8-11)10-25-18-20-17(21-22-18)12-4-6-19-7-5-12/h2-9H,10H2,1H3,(H,20,21,22). The summed E-state index contributed by atoms with van der Waals surface area (Å²) in [5.41, 5.74) is 3.15. The van der Waals surface area contributed by atoms with E-state index in [0.29, 0.717) is 22.3 Å². The van der Waals surface area contributed by atoms with Crippen LogP contribution in [0.5, 0.6) is 0 Å². The van der Waals surface area contributed by atoms with Crippen molar-refractivity contribution in [2.24, 2.45) is 0 Å². The lowest BCUT2D eigenvalue weighted by Gasteiger charge is -2.04. The summed E-state index contributed by atoms with van der Waals surface area (Å²) in [6.45, 7) is 1.97. The lowest BCUT2D eigenvalue weighted by Crippen LogP contribution is -2.00. The van der Waals surface area contributed by atoms with Gasteiger partial charge in [0, 0.05) is 35.2 Å². The second-order valence-electron chi connectivity index (χ2n) is 5.58. The van der Waals surface area contributed by atoms with Crippen molar-refractivity contribution in [3.8, 4) is 11.4 Å². The third kappa shape index (κ3) is 3.32. The summed E-state index contributed by atoms with van der Waals surface area (Å²) in [6.07, 6.45) is 3.42. The molecule has 0 spiro atoms. The highest BCUT2D eigenvalue weighted by Crippen LogP contribution is 2.26. The molecule has 1 N–H and O–H groups in total. The van der Waals surface area contributed by atoms with E-state index in [1.165, 1.54) is 17.8 Å². The fourth-order valence-electron chi connectivity index (χ4n) is 2.55. The molecule has 25 heavy (non-hydrogen) atoms. The van der Waals surface area contributed by atoms with Crippen LogP contribution in [0.3, 0.4) is 0 Å². The molecule has 0 aliphatic carbocycles. The van der Waals surface area contributed by atoms with Gasteiger partial charge >= 0.3 is 5.63 Å². The Kier molecular flexibility index (Phi) is 4.07. The summed E-state index contributed by atoms with van der Waals surface area (Å²) >= 11 is 1.47. The van der Waals surface area contributed by atoms with Gasteiger partial charge in [0.15, 0.2) is 5.82 Å². The van der Waals surface area contributed by atoms with Crippen molar-refractivity contribution in [1.82, 2.24) is 20.2 Å². The van der Waals surface area contributed by atoms with Crippen LogP contribution in [0.2, 0.25) is 0 Å². The van der Waals surface area contributed by atoms with Gasteiger partial charge in [-0.05, 0) is 36.2 Å². The van der Waals surface area contributed by atoms with E-state index in [4.69, 9.17) is 4.42 Å². The van der Waals surface area contributed by atoms with Crippen LogP contribution in [0.25, 0.3) is 22.4 Å². The normalized spacial score (nSPS) is 11.1. The van der Waals surface area contributed by atoms with E-state index in [1.54, 1.807) is 12.4 Å². The number of aryl methyl sites for hydroxylation is 1. The summed E-state index contributed by atoms with van der Waals surface area (Å²) in [7, 11) is 0. The van der Waals surface area contributed by atoms with E-state index >= 15 is 0 Å². The average Bonchev–Trinajstić information content (AvgIpc) is 3.09. The van der Waals surface area contributed by atoms with Crippen LogP contribution >= 0.6 is 11.8 Å². The Bertz CT molecular complexity index is 1090. The maximum atomic E-state index is 11.8. The van der Waals surface area contributed by atoms with Crippen molar-refractivity contribution in [3.63, 3.8) is 0 Å². The molecule has 0 saturated heterocycles. The van der Waals surface area contributed by atoms with Gasteiger partial charge in [-0.25, -0.2) is 9.78 Å². The Morgan fingerprint density at radius 2 is 2.00 bits per heavy atom. The molecule has 0 saturated carbocycles. The van der Waals surface area contributed by atoms with Crippen LogP contribution in [0.1, 0.15) is 11.1 Å². The highest BCUT2D eigenvalue weighted by molar-refractivity contribution is 7.98. The minimum atomic E-state index is -0.346. The number of hydrogen-bond donors (Lipinski definition) is 1. The number of aromatic amines is 1. The first-order valence-corrected chi connectivity index (χ1v) is 8.66. The predicted molar refractivity (Wildman–Crippen MR) is 96.4 cm³/mol. The van der Waals surface area contributed by atoms with Crippen molar-refractivity contribution < 1.29 is 4.42 Å². The predicted octanol–water partition coefficient (Wildman–Crippen LogP) is 3.57. The molecule has 0 fully saturated rings. The first-order valence-electron chi connectivity index (χ1n) is 7.68. The number of thioether (sulfide) groups is 1. The van der Waals surface area contributed by atoms with Gasteiger partial charge < -0.3 is 4.42 Å².